The number of sulfone groups is 1. The van der Waals surface area contributed by atoms with Gasteiger partial charge in [0.15, 0.2) is 15.6 Å². The fourth-order valence-electron chi connectivity index (χ4n) is 3.45. The maximum absolute atomic E-state index is 13.1. The predicted octanol–water partition coefficient (Wildman–Crippen LogP) is 4.22. The Morgan fingerprint density at radius 2 is 1.87 bits per heavy atom. The number of fused-ring (bicyclic) bond motifs is 1. The third kappa shape index (κ3) is 4.17. The number of ketones is 1. The average Bonchev–Trinajstić information content (AvgIpc) is 3.27. The number of rotatable bonds is 7. The summed E-state index contributed by atoms with van der Waals surface area (Å²) in [5.41, 5.74) is 2.06. The summed E-state index contributed by atoms with van der Waals surface area (Å²) in [6.45, 7) is 2.13. The Morgan fingerprint density at radius 1 is 1.13 bits per heavy atom. The number of hydrogen-bond acceptors (Lipinski definition) is 5. The second-order valence-electron chi connectivity index (χ2n) is 7.13. The molecule has 0 aliphatic heterocycles. The van der Waals surface area contributed by atoms with Crippen molar-refractivity contribution in [1.82, 2.24) is 9.72 Å². The molecule has 30 heavy (non-hydrogen) atoms. The van der Waals surface area contributed by atoms with Crippen molar-refractivity contribution in [2.45, 2.75) is 24.8 Å². The van der Waals surface area contributed by atoms with Gasteiger partial charge in [-0.2, -0.15) is 0 Å². The van der Waals surface area contributed by atoms with Crippen LogP contribution in [0.4, 0.5) is 0 Å². The van der Waals surface area contributed by atoms with Gasteiger partial charge >= 0.3 is 0 Å². The molecule has 0 saturated heterocycles. The maximum Gasteiger partial charge on any atom is 0.187 e. The average molecular weight is 443 g/mol. The lowest BCUT2D eigenvalue weighted by atomic mass is 10.2. The van der Waals surface area contributed by atoms with Gasteiger partial charge in [-0.3, -0.25) is 4.79 Å². The number of halogens is 1. The van der Waals surface area contributed by atoms with Gasteiger partial charge in [0.2, 0.25) is 0 Å². The summed E-state index contributed by atoms with van der Waals surface area (Å²) in [5, 5.41) is 4.95. The van der Waals surface area contributed by atoms with Gasteiger partial charge in [0.25, 0.3) is 0 Å². The molecule has 4 aromatic rings. The Hall–Kier alpha value is -2.90. The molecule has 0 radical (unpaired) electrons. The third-order valence-electron chi connectivity index (χ3n) is 4.79. The Morgan fingerprint density at radius 3 is 2.60 bits per heavy atom. The first-order chi connectivity index (χ1) is 14.3. The van der Waals surface area contributed by atoms with E-state index in [0.29, 0.717) is 28.4 Å². The first-order valence-corrected chi connectivity index (χ1v) is 11.3. The summed E-state index contributed by atoms with van der Waals surface area (Å²) in [7, 11) is -3.84. The molecule has 0 aliphatic carbocycles. The highest BCUT2D eigenvalue weighted by Crippen LogP contribution is 2.28. The predicted molar refractivity (Wildman–Crippen MR) is 114 cm³/mol. The van der Waals surface area contributed by atoms with E-state index in [-0.39, 0.29) is 11.3 Å². The molecular weight excluding hydrogens is 424 g/mol. The topological polar surface area (TPSA) is 82.2 Å². The summed E-state index contributed by atoms with van der Waals surface area (Å²) in [4.78, 5) is 12.5. The van der Waals surface area contributed by atoms with Crippen molar-refractivity contribution in [2.75, 3.05) is 5.75 Å². The van der Waals surface area contributed by atoms with Crippen molar-refractivity contribution >= 4 is 38.1 Å². The minimum Gasteiger partial charge on any atom is -0.361 e. The lowest BCUT2D eigenvalue weighted by Gasteiger charge is -2.07. The second kappa shape index (κ2) is 8.08. The number of carbonyl (C=O) groups excluding carboxylic acids is 1. The van der Waals surface area contributed by atoms with Crippen LogP contribution >= 0.6 is 11.6 Å². The lowest BCUT2D eigenvalue weighted by molar-refractivity contribution is -0.116. The van der Waals surface area contributed by atoms with Gasteiger partial charge in [0.05, 0.1) is 17.0 Å². The number of benzene rings is 2. The Bertz CT molecular complexity index is 1340. The lowest BCUT2D eigenvalue weighted by Crippen LogP contribution is -2.18. The molecule has 8 heteroatoms. The van der Waals surface area contributed by atoms with Crippen LogP contribution in [0.15, 0.2) is 70.2 Å². The van der Waals surface area contributed by atoms with Crippen LogP contribution in [0.2, 0.25) is 5.02 Å². The molecule has 0 unspecified atom stereocenters. The first kappa shape index (κ1) is 20.4. The molecule has 2 aromatic heterocycles. The zero-order valence-corrected chi connectivity index (χ0v) is 17.8. The second-order valence-corrected chi connectivity index (χ2v) is 9.50. The largest absolute Gasteiger partial charge is 0.361 e. The van der Waals surface area contributed by atoms with E-state index in [2.05, 4.69) is 5.16 Å². The van der Waals surface area contributed by atoms with Crippen LogP contribution in [0.3, 0.4) is 0 Å². The van der Waals surface area contributed by atoms with E-state index in [0.717, 1.165) is 11.1 Å². The molecule has 0 N–H and O–H groups in total. The number of nitrogens with zero attached hydrogens (tertiary/aromatic N) is 2. The van der Waals surface area contributed by atoms with Gasteiger partial charge in [-0.25, -0.2) is 8.42 Å². The molecule has 0 bridgehead atoms. The van der Waals surface area contributed by atoms with E-state index in [4.69, 9.17) is 16.1 Å². The number of aryl methyl sites for hydroxylation is 1. The summed E-state index contributed by atoms with van der Waals surface area (Å²) >= 11 is 6.28. The quantitative estimate of drug-likeness (QED) is 0.428. The van der Waals surface area contributed by atoms with Gasteiger partial charge in [0.1, 0.15) is 11.5 Å². The van der Waals surface area contributed by atoms with Crippen LogP contribution in [0.5, 0.6) is 0 Å². The number of aromatic nitrogens is 2. The maximum atomic E-state index is 13.1. The minimum atomic E-state index is -3.84. The molecule has 0 amide bonds. The minimum absolute atomic E-state index is 0.0885. The molecule has 6 nitrogen and oxygen atoms in total. The highest BCUT2D eigenvalue weighted by atomic mass is 35.5. The van der Waals surface area contributed by atoms with Crippen LogP contribution < -0.4 is 0 Å². The fraction of sp³-hybridized carbons (Fsp3) is 0.182. The van der Waals surface area contributed by atoms with Crippen molar-refractivity contribution in [3.8, 4) is 0 Å². The molecule has 4 rings (SSSR count). The van der Waals surface area contributed by atoms with Crippen LogP contribution in [0.25, 0.3) is 10.9 Å². The smallest absolute Gasteiger partial charge is 0.187 e. The van der Waals surface area contributed by atoms with Gasteiger partial charge in [-0.1, -0.05) is 53.2 Å². The van der Waals surface area contributed by atoms with Crippen LogP contribution in [-0.2, 0) is 27.6 Å². The Balaban J connectivity index is 1.66. The van der Waals surface area contributed by atoms with Crippen LogP contribution in [0, 0.1) is 6.92 Å². The summed E-state index contributed by atoms with van der Waals surface area (Å²) in [6.07, 6.45) is 1.49. The van der Waals surface area contributed by atoms with E-state index < -0.39 is 21.4 Å². The van der Waals surface area contributed by atoms with E-state index in [1.54, 1.807) is 37.4 Å². The monoisotopic (exact) mass is 442 g/mol. The van der Waals surface area contributed by atoms with E-state index >= 15 is 0 Å². The highest BCUT2D eigenvalue weighted by molar-refractivity contribution is 7.92. The molecular formula is C22H19ClN2O4S. The molecule has 2 heterocycles. The molecule has 2 aromatic carbocycles. The number of Topliss-reactive ketones (excluding diaryl/α,β-unsaturated/α-hetero) is 1. The summed E-state index contributed by atoms with van der Waals surface area (Å²) < 4.78 is 32.9. The zero-order valence-electron chi connectivity index (χ0n) is 16.2. The van der Waals surface area contributed by atoms with E-state index in [9.17, 15) is 13.2 Å². The van der Waals surface area contributed by atoms with Crippen molar-refractivity contribution in [1.29, 1.82) is 0 Å². The van der Waals surface area contributed by atoms with Gasteiger partial charge in [-0.15, -0.1) is 0 Å². The van der Waals surface area contributed by atoms with Crippen LogP contribution in [0.1, 0.15) is 17.0 Å². The number of para-hydroxylation sites is 1. The van der Waals surface area contributed by atoms with Crippen molar-refractivity contribution in [2.24, 2.45) is 0 Å². The van der Waals surface area contributed by atoms with Gasteiger partial charge < -0.3 is 9.09 Å². The van der Waals surface area contributed by atoms with Gasteiger partial charge in [0, 0.05) is 34.7 Å². The Labute approximate surface area is 179 Å². The molecule has 0 fully saturated rings. The highest BCUT2D eigenvalue weighted by Gasteiger charge is 2.25. The number of hydrogen-bond donors (Lipinski definition) is 0. The van der Waals surface area contributed by atoms with E-state index in [1.807, 2.05) is 34.9 Å². The standard InChI is InChI=1S/C22H19ClN2O4S/c1-15-10-17(24-29-15)11-18(26)14-30(27,28)22-13-25(21-9-5-3-7-19(21)22)12-16-6-2-4-8-20(16)23/h2-10,13H,11-12,14H2,1H3. The van der Waals surface area contributed by atoms with E-state index in [1.165, 1.54) is 0 Å². The fourth-order valence-corrected chi connectivity index (χ4v) is 5.12. The SMILES string of the molecule is Cc1cc(CC(=O)CS(=O)(=O)c2cn(Cc3ccccc3Cl)c3ccccc23)no1. The third-order valence-corrected chi connectivity index (χ3v) is 6.86. The normalized spacial score (nSPS) is 11.8. The first-order valence-electron chi connectivity index (χ1n) is 9.31. The summed E-state index contributed by atoms with van der Waals surface area (Å²) in [5.74, 6) is -0.464. The molecule has 0 saturated carbocycles. The van der Waals surface area contributed by atoms with Gasteiger partial charge in [-0.05, 0) is 24.6 Å². The van der Waals surface area contributed by atoms with Crippen LogP contribution in [-0.4, -0.2) is 29.7 Å². The molecule has 0 aliphatic rings. The van der Waals surface area contributed by atoms with Crippen molar-refractivity contribution < 1.29 is 17.7 Å². The Kier molecular flexibility index (Phi) is 5.49. The van der Waals surface area contributed by atoms with Crippen molar-refractivity contribution in [3.05, 3.63) is 82.8 Å². The zero-order chi connectivity index (χ0) is 21.3. The molecule has 0 spiro atoms. The van der Waals surface area contributed by atoms with Crippen molar-refractivity contribution in [3.63, 3.8) is 0 Å². The summed E-state index contributed by atoms with van der Waals surface area (Å²) in [6, 6.07) is 16.3. The number of carbonyl (C=O) groups is 1. The molecule has 154 valence electrons. The molecule has 0 atom stereocenters.